The quantitative estimate of drug-likeness (QED) is 0.799. The number of ether oxygens (including phenoxy) is 1. The summed E-state index contributed by atoms with van der Waals surface area (Å²) < 4.78 is 32.2. The molecule has 1 aromatic carbocycles. The summed E-state index contributed by atoms with van der Waals surface area (Å²) >= 11 is 0. The lowest BCUT2D eigenvalue weighted by molar-refractivity contribution is 0.175. The van der Waals surface area contributed by atoms with Crippen molar-refractivity contribution in [2.45, 2.75) is 39.2 Å². The van der Waals surface area contributed by atoms with Crippen molar-refractivity contribution in [2.75, 3.05) is 0 Å². The Morgan fingerprint density at radius 3 is 2.48 bits per heavy atom. The van der Waals surface area contributed by atoms with Crippen LogP contribution in [0, 0.1) is 11.6 Å². The van der Waals surface area contributed by atoms with Gasteiger partial charge in [-0.3, -0.25) is 0 Å². The van der Waals surface area contributed by atoms with Crippen LogP contribution >= 0.6 is 0 Å². The first-order valence-corrected chi connectivity index (χ1v) is 7.07. The van der Waals surface area contributed by atoms with Crippen molar-refractivity contribution in [1.29, 1.82) is 0 Å². The van der Waals surface area contributed by atoms with Crippen LogP contribution in [0.3, 0.4) is 0 Å². The van der Waals surface area contributed by atoms with Crippen LogP contribution in [0.5, 0.6) is 6.01 Å². The fourth-order valence-electron chi connectivity index (χ4n) is 2.05. The van der Waals surface area contributed by atoms with E-state index in [1.54, 1.807) is 12.1 Å². The molecule has 0 bridgehead atoms. The first-order chi connectivity index (χ1) is 10.1. The first-order valence-electron chi connectivity index (χ1n) is 7.07. The highest BCUT2D eigenvalue weighted by molar-refractivity contribution is 5.20. The molecule has 0 N–H and O–H groups in total. The highest BCUT2D eigenvalue weighted by atomic mass is 19.1. The van der Waals surface area contributed by atoms with Gasteiger partial charge >= 0.3 is 6.01 Å². The Labute approximate surface area is 123 Å². The van der Waals surface area contributed by atoms with Crippen LogP contribution in [0.15, 0.2) is 30.5 Å². The average Bonchev–Trinajstić information content (AvgIpc) is 2.49. The molecule has 0 fully saturated rings. The summed E-state index contributed by atoms with van der Waals surface area (Å²) in [5.74, 6) is -0.723. The Morgan fingerprint density at radius 2 is 1.86 bits per heavy atom. The van der Waals surface area contributed by atoms with Gasteiger partial charge in [0.05, 0.1) is 11.9 Å². The van der Waals surface area contributed by atoms with E-state index in [4.69, 9.17) is 4.74 Å². The first kappa shape index (κ1) is 15.4. The van der Waals surface area contributed by atoms with E-state index in [0.717, 1.165) is 24.6 Å². The number of halogens is 2. The minimum absolute atomic E-state index is 0.149. The molecule has 1 unspecified atom stereocenters. The fourth-order valence-corrected chi connectivity index (χ4v) is 2.05. The molecule has 5 heteroatoms. The van der Waals surface area contributed by atoms with Crippen LogP contribution in [0.1, 0.15) is 44.1 Å². The summed E-state index contributed by atoms with van der Waals surface area (Å²) in [4.78, 5) is 7.94. The molecule has 0 aliphatic heterocycles. The van der Waals surface area contributed by atoms with Gasteiger partial charge in [-0.15, -0.1) is 0 Å². The van der Waals surface area contributed by atoms with Crippen molar-refractivity contribution >= 4 is 0 Å². The third-order valence-electron chi connectivity index (χ3n) is 3.17. The second-order valence-corrected chi connectivity index (χ2v) is 4.75. The molecule has 1 heterocycles. The zero-order valence-corrected chi connectivity index (χ0v) is 12.1. The van der Waals surface area contributed by atoms with E-state index in [2.05, 4.69) is 9.97 Å². The largest absolute Gasteiger partial charge is 0.455 e. The molecular formula is C16H18F2N2O. The Bertz CT molecular complexity index is 587. The van der Waals surface area contributed by atoms with Gasteiger partial charge in [0.1, 0.15) is 11.9 Å². The molecular weight excluding hydrogens is 274 g/mol. The van der Waals surface area contributed by atoms with Crippen LogP contribution in [-0.4, -0.2) is 9.97 Å². The van der Waals surface area contributed by atoms with Gasteiger partial charge in [-0.05, 0) is 30.5 Å². The molecule has 2 aromatic rings. The van der Waals surface area contributed by atoms with Gasteiger partial charge in [0.15, 0.2) is 5.82 Å². The van der Waals surface area contributed by atoms with E-state index in [9.17, 15) is 8.78 Å². The monoisotopic (exact) mass is 292 g/mol. The zero-order valence-electron chi connectivity index (χ0n) is 12.1. The van der Waals surface area contributed by atoms with E-state index in [1.807, 2.05) is 13.8 Å². The summed E-state index contributed by atoms with van der Waals surface area (Å²) in [6.45, 7) is 3.85. The maximum Gasteiger partial charge on any atom is 0.317 e. The van der Waals surface area contributed by atoms with Gasteiger partial charge in [-0.2, -0.15) is 4.98 Å². The molecule has 0 spiro atoms. The van der Waals surface area contributed by atoms with E-state index >= 15 is 0 Å². The molecule has 0 radical (unpaired) electrons. The molecule has 0 amide bonds. The van der Waals surface area contributed by atoms with Crippen molar-refractivity contribution in [3.05, 3.63) is 53.4 Å². The normalized spacial score (nSPS) is 12.2. The van der Waals surface area contributed by atoms with Gasteiger partial charge in [0, 0.05) is 0 Å². The summed E-state index contributed by atoms with van der Waals surface area (Å²) in [6, 6.07) is 6.30. The smallest absolute Gasteiger partial charge is 0.317 e. The van der Waals surface area contributed by atoms with Crippen LogP contribution in [0.25, 0.3) is 0 Å². The van der Waals surface area contributed by atoms with Gasteiger partial charge in [0.25, 0.3) is 0 Å². The minimum atomic E-state index is -0.432. The number of hydrogen-bond donors (Lipinski definition) is 0. The van der Waals surface area contributed by atoms with Crippen molar-refractivity contribution in [3.63, 3.8) is 0 Å². The molecule has 0 aliphatic carbocycles. The standard InChI is InChI=1S/C16H18F2N2O/c1-3-5-15(11-6-8-12(17)9-7-11)21-16-19-10-13(18)14(4-2)20-16/h6-10,15H,3-5H2,1-2H3. The predicted molar refractivity (Wildman–Crippen MR) is 76.0 cm³/mol. The van der Waals surface area contributed by atoms with Gasteiger partial charge in [-0.25, -0.2) is 13.8 Å². The van der Waals surface area contributed by atoms with Crippen molar-refractivity contribution in [1.82, 2.24) is 9.97 Å². The lowest BCUT2D eigenvalue weighted by Gasteiger charge is -2.18. The number of benzene rings is 1. The molecule has 1 aromatic heterocycles. The third-order valence-corrected chi connectivity index (χ3v) is 3.17. The summed E-state index contributed by atoms with van der Waals surface area (Å²) in [6.07, 6.45) is 2.96. The summed E-state index contributed by atoms with van der Waals surface area (Å²) in [5.41, 5.74) is 1.18. The number of aromatic nitrogens is 2. The average molecular weight is 292 g/mol. The van der Waals surface area contributed by atoms with Crippen molar-refractivity contribution in [3.8, 4) is 6.01 Å². The third kappa shape index (κ3) is 3.97. The number of aryl methyl sites for hydroxylation is 1. The lowest BCUT2D eigenvalue weighted by Crippen LogP contribution is -2.11. The fraction of sp³-hybridized carbons (Fsp3) is 0.375. The van der Waals surface area contributed by atoms with E-state index < -0.39 is 5.82 Å². The topological polar surface area (TPSA) is 35.0 Å². The van der Waals surface area contributed by atoms with Crippen LogP contribution in [0.4, 0.5) is 8.78 Å². The van der Waals surface area contributed by atoms with Crippen LogP contribution in [-0.2, 0) is 6.42 Å². The van der Waals surface area contributed by atoms with E-state index in [0.29, 0.717) is 12.1 Å². The zero-order chi connectivity index (χ0) is 15.2. The molecule has 2 rings (SSSR count). The Kier molecular flexibility index (Phi) is 5.20. The predicted octanol–water partition coefficient (Wildman–Crippen LogP) is 4.24. The highest BCUT2D eigenvalue weighted by Gasteiger charge is 2.15. The molecule has 3 nitrogen and oxygen atoms in total. The summed E-state index contributed by atoms with van der Waals surface area (Å²) in [7, 11) is 0. The van der Waals surface area contributed by atoms with Crippen molar-refractivity contribution in [2.24, 2.45) is 0 Å². The molecule has 0 saturated carbocycles. The molecule has 1 atom stereocenters. The van der Waals surface area contributed by atoms with Gasteiger partial charge < -0.3 is 4.74 Å². The van der Waals surface area contributed by atoms with Gasteiger partial charge in [0.2, 0.25) is 0 Å². The van der Waals surface area contributed by atoms with E-state index in [-0.39, 0.29) is 17.9 Å². The Hall–Kier alpha value is -2.04. The molecule has 0 aliphatic rings. The second-order valence-electron chi connectivity index (χ2n) is 4.75. The molecule has 112 valence electrons. The molecule has 0 saturated heterocycles. The number of hydrogen-bond acceptors (Lipinski definition) is 3. The summed E-state index contributed by atoms with van der Waals surface area (Å²) in [5, 5.41) is 0. The van der Waals surface area contributed by atoms with Crippen molar-refractivity contribution < 1.29 is 13.5 Å². The van der Waals surface area contributed by atoms with E-state index in [1.165, 1.54) is 12.1 Å². The maximum absolute atomic E-state index is 13.4. The Balaban J connectivity index is 2.21. The Morgan fingerprint density at radius 1 is 1.14 bits per heavy atom. The lowest BCUT2D eigenvalue weighted by atomic mass is 10.1. The van der Waals surface area contributed by atoms with Crippen LogP contribution < -0.4 is 4.74 Å². The number of nitrogens with zero attached hydrogens (tertiary/aromatic N) is 2. The highest BCUT2D eigenvalue weighted by Crippen LogP contribution is 2.24. The second kappa shape index (κ2) is 7.11. The number of rotatable bonds is 6. The minimum Gasteiger partial charge on any atom is -0.455 e. The molecule has 21 heavy (non-hydrogen) atoms. The maximum atomic E-state index is 13.4. The van der Waals surface area contributed by atoms with Gasteiger partial charge in [-0.1, -0.05) is 32.4 Å². The van der Waals surface area contributed by atoms with Crippen LogP contribution in [0.2, 0.25) is 0 Å². The SMILES string of the molecule is CCCC(Oc1ncc(F)c(CC)n1)c1ccc(F)cc1.